The lowest BCUT2D eigenvalue weighted by Crippen LogP contribution is -2.24. The van der Waals surface area contributed by atoms with E-state index in [1.165, 1.54) is 0 Å². The molecule has 1 amide bonds. The lowest BCUT2D eigenvalue weighted by Gasteiger charge is -2.14. The number of amides is 1. The van der Waals surface area contributed by atoms with Gasteiger partial charge in [0, 0.05) is 11.9 Å². The molecule has 1 fully saturated rings. The SMILES string of the molecule is O=C(Nc1cnccc1Nc1ccccc1)C1CCS(=O)(=O)C1. The van der Waals surface area contributed by atoms with E-state index >= 15 is 0 Å². The molecule has 1 aliphatic heterocycles. The Hall–Kier alpha value is -2.41. The van der Waals surface area contributed by atoms with Gasteiger partial charge in [-0.3, -0.25) is 9.78 Å². The van der Waals surface area contributed by atoms with Crippen molar-refractivity contribution in [3.05, 3.63) is 48.8 Å². The summed E-state index contributed by atoms with van der Waals surface area (Å²) in [5, 5.41) is 5.99. The number of benzene rings is 1. The van der Waals surface area contributed by atoms with Gasteiger partial charge in [0.25, 0.3) is 0 Å². The van der Waals surface area contributed by atoms with E-state index in [4.69, 9.17) is 0 Å². The highest BCUT2D eigenvalue weighted by molar-refractivity contribution is 7.91. The molecule has 0 bridgehead atoms. The Labute approximate surface area is 134 Å². The number of carbonyl (C=O) groups excluding carboxylic acids is 1. The zero-order chi connectivity index (χ0) is 16.3. The van der Waals surface area contributed by atoms with Gasteiger partial charge in [-0.05, 0) is 24.6 Å². The van der Waals surface area contributed by atoms with Gasteiger partial charge in [-0.1, -0.05) is 18.2 Å². The van der Waals surface area contributed by atoms with Gasteiger partial charge in [0.15, 0.2) is 9.84 Å². The predicted octanol–water partition coefficient (Wildman–Crippen LogP) is 2.20. The summed E-state index contributed by atoms with van der Waals surface area (Å²) >= 11 is 0. The maximum atomic E-state index is 12.3. The lowest BCUT2D eigenvalue weighted by atomic mass is 10.1. The first-order valence-corrected chi connectivity index (χ1v) is 9.13. The number of nitrogens with one attached hydrogen (secondary N) is 2. The fourth-order valence-electron chi connectivity index (χ4n) is 2.52. The highest BCUT2D eigenvalue weighted by Gasteiger charge is 2.33. The molecule has 7 heteroatoms. The van der Waals surface area contributed by atoms with Crippen molar-refractivity contribution in [2.45, 2.75) is 6.42 Å². The minimum Gasteiger partial charge on any atom is -0.354 e. The first kappa shape index (κ1) is 15.5. The summed E-state index contributed by atoms with van der Waals surface area (Å²) in [6.45, 7) is 0. The molecule has 0 saturated carbocycles. The Bertz CT molecular complexity index is 806. The van der Waals surface area contributed by atoms with E-state index in [0.717, 1.165) is 5.69 Å². The molecule has 1 saturated heterocycles. The van der Waals surface area contributed by atoms with Crippen LogP contribution >= 0.6 is 0 Å². The van der Waals surface area contributed by atoms with Crippen LogP contribution in [0.5, 0.6) is 0 Å². The van der Waals surface area contributed by atoms with Crippen LogP contribution in [-0.4, -0.2) is 30.8 Å². The fraction of sp³-hybridized carbons (Fsp3) is 0.250. The van der Waals surface area contributed by atoms with Gasteiger partial charge in [-0.25, -0.2) is 8.42 Å². The highest BCUT2D eigenvalue weighted by atomic mass is 32.2. The van der Waals surface area contributed by atoms with E-state index in [0.29, 0.717) is 17.8 Å². The van der Waals surface area contributed by atoms with Gasteiger partial charge in [-0.2, -0.15) is 0 Å². The van der Waals surface area contributed by atoms with Gasteiger partial charge in [0.1, 0.15) is 0 Å². The predicted molar refractivity (Wildman–Crippen MR) is 89.4 cm³/mol. The van der Waals surface area contributed by atoms with E-state index in [-0.39, 0.29) is 17.4 Å². The van der Waals surface area contributed by atoms with Crippen molar-refractivity contribution in [3.8, 4) is 0 Å². The van der Waals surface area contributed by atoms with Gasteiger partial charge >= 0.3 is 0 Å². The molecule has 2 aromatic rings. The number of rotatable bonds is 4. The summed E-state index contributed by atoms with van der Waals surface area (Å²) in [4.78, 5) is 16.3. The van der Waals surface area contributed by atoms with Gasteiger partial charge in [0.2, 0.25) is 5.91 Å². The molecule has 2 N–H and O–H groups in total. The van der Waals surface area contributed by atoms with Crippen molar-refractivity contribution in [2.24, 2.45) is 5.92 Å². The molecule has 3 rings (SSSR count). The summed E-state index contributed by atoms with van der Waals surface area (Å²) < 4.78 is 23.0. The first-order valence-electron chi connectivity index (χ1n) is 7.31. The van der Waals surface area contributed by atoms with Crippen molar-refractivity contribution in [1.29, 1.82) is 0 Å². The van der Waals surface area contributed by atoms with Crippen molar-refractivity contribution < 1.29 is 13.2 Å². The fourth-order valence-corrected chi connectivity index (χ4v) is 4.26. The van der Waals surface area contributed by atoms with Crippen LogP contribution in [0.2, 0.25) is 0 Å². The molecule has 23 heavy (non-hydrogen) atoms. The Morgan fingerprint density at radius 2 is 1.91 bits per heavy atom. The summed E-state index contributed by atoms with van der Waals surface area (Å²) in [5.41, 5.74) is 2.13. The van der Waals surface area contributed by atoms with E-state index < -0.39 is 15.8 Å². The molecule has 0 spiro atoms. The number of hydrogen-bond acceptors (Lipinski definition) is 5. The van der Waals surface area contributed by atoms with Gasteiger partial charge in [-0.15, -0.1) is 0 Å². The third kappa shape index (κ3) is 3.87. The van der Waals surface area contributed by atoms with Crippen LogP contribution in [0.15, 0.2) is 48.8 Å². The topological polar surface area (TPSA) is 88.2 Å². The van der Waals surface area contributed by atoms with Crippen molar-refractivity contribution in [2.75, 3.05) is 22.1 Å². The van der Waals surface area contributed by atoms with Gasteiger partial charge in [0.05, 0.1) is 35.0 Å². The number of pyridine rings is 1. The van der Waals surface area contributed by atoms with E-state index in [9.17, 15) is 13.2 Å². The number of nitrogens with zero attached hydrogens (tertiary/aromatic N) is 1. The molecule has 6 nitrogen and oxygen atoms in total. The minimum absolute atomic E-state index is 0.0766. The van der Waals surface area contributed by atoms with E-state index in [2.05, 4.69) is 15.6 Å². The molecule has 1 aromatic carbocycles. The monoisotopic (exact) mass is 331 g/mol. The summed E-state index contributed by atoms with van der Waals surface area (Å²) in [6.07, 6.45) is 3.55. The molecule has 1 aliphatic rings. The number of hydrogen-bond donors (Lipinski definition) is 2. The van der Waals surface area contributed by atoms with Crippen LogP contribution in [0.3, 0.4) is 0 Å². The third-order valence-electron chi connectivity index (χ3n) is 3.73. The second kappa shape index (κ2) is 6.37. The Balaban J connectivity index is 1.74. The number of anilines is 3. The van der Waals surface area contributed by atoms with Crippen molar-refractivity contribution in [3.63, 3.8) is 0 Å². The van der Waals surface area contributed by atoms with Crippen molar-refractivity contribution >= 4 is 32.8 Å². The quantitative estimate of drug-likeness (QED) is 0.897. The highest BCUT2D eigenvalue weighted by Crippen LogP contribution is 2.26. The molecule has 1 aromatic heterocycles. The van der Waals surface area contributed by atoms with E-state index in [1.54, 1.807) is 18.5 Å². The van der Waals surface area contributed by atoms with Crippen LogP contribution in [0.1, 0.15) is 6.42 Å². The van der Waals surface area contributed by atoms with Crippen molar-refractivity contribution in [1.82, 2.24) is 4.98 Å². The summed E-state index contributed by atoms with van der Waals surface area (Å²) in [7, 11) is -3.08. The number of para-hydroxylation sites is 1. The molecule has 0 aliphatic carbocycles. The third-order valence-corrected chi connectivity index (χ3v) is 5.50. The Kier molecular flexibility index (Phi) is 4.29. The number of carbonyl (C=O) groups is 1. The number of sulfone groups is 1. The average Bonchev–Trinajstić information content (AvgIpc) is 2.90. The van der Waals surface area contributed by atoms with Crippen LogP contribution in [0.25, 0.3) is 0 Å². The zero-order valence-electron chi connectivity index (χ0n) is 12.4. The van der Waals surface area contributed by atoms with Gasteiger partial charge < -0.3 is 10.6 Å². The second-order valence-electron chi connectivity index (χ2n) is 5.50. The Morgan fingerprint density at radius 1 is 1.13 bits per heavy atom. The molecular weight excluding hydrogens is 314 g/mol. The maximum Gasteiger partial charge on any atom is 0.228 e. The Morgan fingerprint density at radius 3 is 2.61 bits per heavy atom. The molecular formula is C16H17N3O3S. The smallest absolute Gasteiger partial charge is 0.228 e. The van der Waals surface area contributed by atoms with Crippen LogP contribution < -0.4 is 10.6 Å². The van der Waals surface area contributed by atoms with E-state index in [1.807, 2.05) is 30.3 Å². The lowest BCUT2D eigenvalue weighted by molar-refractivity contribution is -0.119. The molecule has 120 valence electrons. The van der Waals surface area contributed by atoms with Crippen LogP contribution in [-0.2, 0) is 14.6 Å². The largest absolute Gasteiger partial charge is 0.354 e. The maximum absolute atomic E-state index is 12.3. The summed E-state index contributed by atoms with van der Waals surface area (Å²) in [6, 6.07) is 11.3. The normalized spacial score (nSPS) is 19.2. The minimum atomic E-state index is -3.08. The van der Waals surface area contributed by atoms with Crippen LogP contribution in [0.4, 0.5) is 17.1 Å². The summed E-state index contributed by atoms with van der Waals surface area (Å²) in [5.74, 6) is -0.784. The standard InChI is InChI=1S/C16H17N3O3S/c20-16(12-7-9-23(21,22)11-12)19-15-10-17-8-6-14(15)18-13-4-2-1-3-5-13/h1-6,8,10,12H,7,9,11H2,(H,17,18)(H,19,20). The first-order chi connectivity index (χ1) is 11.0. The molecule has 2 heterocycles. The zero-order valence-corrected chi connectivity index (χ0v) is 13.2. The number of aromatic nitrogens is 1. The molecule has 0 radical (unpaired) electrons. The molecule has 1 atom stereocenters. The second-order valence-corrected chi connectivity index (χ2v) is 7.73. The molecule has 1 unspecified atom stereocenters. The van der Waals surface area contributed by atoms with Crippen LogP contribution in [0, 0.1) is 5.92 Å². The average molecular weight is 331 g/mol.